The second-order valence-corrected chi connectivity index (χ2v) is 6.93. The van der Waals surface area contributed by atoms with Crippen LogP contribution in [0.4, 0.5) is 0 Å². The van der Waals surface area contributed by atoms with Crippen LogP contribution in [0.15, 0.2) is 24.3 Å². The van der Waals surface area contributed by atoms with E-state index in [1.807, 2.05) is 24.3 Å². The average molecular weight is 370 g/mol. The maximum absolute atomic E-state index is 12.1. The van der Waals surface area contributed by atoms with Crippen LogP contribution in [0.3, 0.4) is 0 Å². The molecule has 0 aliphatic rings. The number of hydrogen-bond acceptors (Lipinski definition) is 3. The van der Waals surface area contributed by atoms with Crippen LogP contribution in [0.25, 0.3) is 0 Å². The normalized spacial score (nSPS) is 10.7. The summed E-state index contributed by atoms with van der Waals surface area (Å²) >= 11 is 0. The molecule has 3 N–H and O–H groups in total. The number of carbonyl (C=O) groups is 2. The summed E-state index contributed by atoms with van der Waals surface area (Å²) in [6.45, 7) is 11.2. The SMILES string of the molecule is CCCNCCNC(=O)CCNC(=O)c1ccc(C(C)(C)C)cc1.Cl. The lowest BCUT2D eigenvalue weighted by Crippen LogP contribution is -2.34. The van der Waals surface area contributed by atoms with E-state index in [-0.39, 0.29) is 29.6 Å². The molecule has 2 amide bonds. The van der Waals surface area contributed by atoms with E-state index in [4.69, 9.17) is 0 Å². The fourth-order valence-electron chi connectivity index (χ4n) is 2.19. The van der Waals surface area contributed by atoms with Crippen molar-refractivity contribution in [2.45, 2.75) is 46.0 Å². The molecule has 142 valence electrons. The Morgan fingerprint density at radius 2 is 1.56 bits per heavy atom. The van der Waals surface area contributed by atoms with E-state index in [0.717, 1.165) is 19.5 Å². The minimum atomic E-state index is -0.145. The first-order valence-electron chi connectivity index (χ1n) is 8.70. The molecular formula is C19H32ClN3O2. The molecule has 0 aromatic heterocycles. The summed E-state index contributed by atoms with van der Waals surface area (Å²) in [5.74, 6) is -0.190. The van der Waals surface area contributed by atoms with E-state index in [9.17, 15) is 9.59 Å². The minimum Gasteiger partial charge on any atom is -0.355 e. The molecule has 1 rings (SSSR count). The van der Waals surface area contributed by atoms with Gasteiger partial charge in [-0.3, -0.25) is 9.59 Å². The van der Waals surface area contributed by atoms with Gasteiger partial charge in [-0.15, -0.1) is 12.4 Å². The number of nitrogens with one attached hydrogen (secondary N) is 3. The molecule has 5 nitrogen and oxygen atoms in total. The van der Waals surface area contributed by atoms with Gasteiger partial charge in [0.15, 0.2) is 0 Å². The third kappa shape index (κ3) is 9.46. The van der Waals surface area contributed by atoms with E-state index in [1.54, 1.807) is 0 Å². The zero-order chi connectivity index (χ0) is 18.0. The van der Waals surface area contributed by atoms with Gasteiger partial charge in [-0.05, 0) is 36.1 Å². The highest BCUT2D eigenvalue weighted by molar-refractivity contribution is 5.94. The molecular weight excluding hydrogens is 338 g/mol. The average Bonchev–Trinajstić information content (AvgIpc) is 2.54. The summed E-state index contributed by atoms with van der Waals surface area (Å²) < 4.78 is 0. The molecule has 0 aliphatic heterocycles. The van der Waals surface area contributed by atoms with Gasteiger partial charge in [-0.2, -0.15) is 0 Å². The third-order valence-electron chi connectivity index (χ3n) is 3.70. The summed E-state index contributed by atoms with van der Waals surface area (Å²) in [6, 6.07) is 7.61. The Labute approximate surface area is 157 Å². The van der Waals surface area contributed by atoms with Gasteiger partial charge in [0.2, 0.25) is 5.91 Å². The van der Waals surface area contributed by atoms with Crippen LogP contribution in [0.2, 0.25) is 0 Å². The standard InChI is InChI=1S/C19H31N3O2.ClH/c1-5-11-20-13-14-21-17(23)10-12-22-18(24)15-6-8-16(9-7-15)19(2,3)4;/h6-9,20H,5,10-14H2,1-4H3,(H,21,23)(H,22,24);1H. The molecule has 0 heterocycles. The van der Waals surface area contributed by atoms with Gasteiger partial charge in [-0.25, -0.2) is 0 Å². The van der Waals surface area contributed by atoms with Gasteiger partial charge in [-0.1, -0.05) is 39.8 Å². The predicted molar refractivity (Wildman–Crippen MR) is 106 cm³/mol. The lowest BCUT2D eigenvalue weighted by Gasteiger charge is -2.19. The maximum atomic E-state index is 12.1. The number of rotatable bonds is 9. The van der Waals surface area contributed by atoms with Gasteiger partial charge in [0.25, 0.3) is 5.91 Å². The number of benzene rings is 1. The fourth-order valence-corrected chi connectivity index (χ4v) is 2.19. The van der Waals surface area contributed by atoms with Crippen molar-refractivity contribution in [2.75, 3.05) is 26.2 Å². The summed E-state index contributed by atoms with van der Waals surface area (Å²) in [5.41, 5.74) is 1.88. The maximum Gasteiger partial charge on any atom is 0.251 e. The molecule has 0 spiro atoms. The first-order valence-corrected chi connectivity index (χ1v) is 8.70. The van der Waals surface area contributed by atoms with Crippen LogP contribution in [-0.4, -0.2) is 38.0 Å². The van der Waals surface area contributed by atoms with Crippen molar-refractivity contribution in [2.24, 2.45) is 0 Å². The number of hydrogen-bond donors (Lipinski definition) is 3. The Balaban J connectivity index is 0.00000576. The van der Waals surface area contributed by atoms with E-state index in [2.05, 4.69) is 43.6 Å². The molecule has 0 radical (unpaired) electrons. The molecule has 6 heteroatoms. The zero-order valence-electron chi connectivity index (χ0n) is 15.8. The van der Waals surface area contributed by atoms with Crippen LogP contribution in [0, 0.1) is 0 Å². The van der Waals surface area contributed by atoms with Crippen LogP contribution >= 0.6 is 12.4 Å². The van der Waals surface area contributed by atoms with Gasteiger partial charge in [0.05, 0.1) is 0 Å². The molecule has 25 heavy (non-hydrogen) atoms. The molecule has 0 fully saturated rings. The quantitative estimate of drug-likeness (QED) is 0.586. The lowest BCUT2D eigenvalue weighted by atomic mass is 9.87. The number of halogens is 1. The van der Waals surface area contributed by atoms with Crippen molar-refractivity contribution in [3.8, 4) is 0 Å². The second kappa shape index (κ2) is 11.9. The van der Waals surface area contributed by atoms with Crippen LogP contribution < -0.4 is 16.0 Å². The van der Waals surface area contributed by atoms with E-state index in [1.165, 1.54) is 5.56 Å². The Kier molecular flexibility index (Phi) is 11.1. The largest absolute Gasteiger partial charge is 0.355 e. The van der Waals surface area contributed by atoms with E-state index in [0.29, 0.717) is 25.1 Å². The third-order valence-corrected chi connectivity index (χ3v) is 3.70. The van der Waals surface area contributed by atoms with Gasteiger partial charge in [0, 0.05) is 31.6 Å². The van der Waals surface area contributed by atoms with Crippen molar-refractivity contribution >= 4 is 24.2 Å². The first-order chi connectivity index (χ1) is 11.3. The van der Waals surface area contributed by atoms with Crippen molar-refractivity contribution < 1.29 is 9.59 Å². The Morgan fingerprint density at radius 1 is 0.920 bits per heavy atom. The monoisotopic (exact) mass is 369 g/mol. The van der Waals surface area contributed by atoms with Crippen LogP contribution in [0.5, 0.6) is 0 Å². The molecule has 0 saturated heterocycles. The zero-order valence-corrected chi connectivity index (χ0v) is 16.6. The van der Waals surface area contributed by atoms with Crippen LogP contribution in [-0.2, 0) is 10.2 Å². The van der Waals surface area contributed by atoms with Crippen molar-refractivity contribution in [3.05, 3.63) is 35.4 Å². The minimum absolute atomic E-state index is 0. The number of carbonyl (C=O) groups excluding carboxylic acids is 2. The molecule has 0 aliphatic carbocycles. The van der Waals surface area contributed by atoms with Crippen LogP contribution in [0.1, 0.15) is 56.5 Å². The molecule has 0 bridgehead atoms. The van der Waals surface area contributed by atoms with Crippen molar-refractivity contribution in [1.29, 1.82) is 0 Å². The fraction of sp³-hybridized carbons (Fsp3) is 0.579. The highest BCUT2D eigenvalue weighted by Crippen LogP contribution is 2.22. The van der Waals surface area contributed by atoms with E-state index < -0.39 is 0 Å². The highest BCUT2D eigenvalue weighted by Gasteiger charge is 2.14. The molecule has 1 aromatic carbocycles. The smallest absolute Gasteiger partial charge is 0.251 e. The Bertz CT molecular complexity index is 524. The summed E-state index contributed by atoms with van der Waals surface area (Å²) in [7, 11) is 0. The Hall–Kier alpha value is -1.59. The summed E-state index contributed by atoms with van der Waals surface area (Å²) in [5, 5.41) is 8.83. The lowest BCUT2D eigenvalue weighted by molar-refractivity contribution is -0.120. The molecule has 1 aromatic rings. The van der Waals surface area contributed by atoms with Crippen molar-refractivity contribution in [1.82, 2.24) is 16.0 Å². The number of amides is 2. The van der Waals surface area contributed by atoms with Gasteiger partial charge < -0.3 is 16.0 Å². The predicted octanol–water partition coefficient (Wildman–Crippen LogP) is 2.64. The second-order valence-electron chi connectivity index (χ2n) is 6.93. The van der Waals surface area contributed by atoms with E-state index >= 15 is 0 Å². The van der Waals surface area contributed by atoms with Gasteiger partial charge >= 0.3 is 0 Å². The molecule has 0 saturated carbocycles. The van der Waals surface area contributed by atoms with Gasteiger partial charge in [0.1, 0.15) is 0 Å². The highest BCUT2D eigenvalue weighted by atomic mass is 35.5. The molecule has 0 atom stereocenters. The summed E-state index contributed by atoms with van der Waals surface area (Å²) in [4.78, 5) is 23.7. The summed E-state index contributed by atoms with van der Waals surface area (Å²) in [6.07, 6.45) is 1.37. The molecule has 0 unspecified atom stereocenters. The van der Waals surface area contributed by atoms with Crippen molar-refractivity contribution in [3.63, 3.8) is 0 Å². The first kappa shape index (κ1) is 23.4. The topological polar surface area (TPSA) is 70.2 Å². The Morgan fingerprint density at radius 3 is 2.12 bits per heavy atom.